The number of aryl methyl sites for hydroxylation is 1. The highest BCUT2D eigenvalue weighted by molar-refractivity contribution is 5.92. The Morgan fingerprint density at radius 1 is 1.00 bits per heavy atom. The molecule has 0 atom stereocenters. The molecule has 3 rings (SSSR count). The van der Waals surface area contributed by atoms with Gasteiger partial charge in [0.05, 0.1) is 0 Å². The standard InChI is InChI=1S/C21H31NO/c1-16-6-5-9-20(14-16)22-21(23)19-12-10-18(11-13-19)15-17-7-3-2-4-8-17/h5-6,9,14,17-19H,2-4,7-8,10-13,15H2,1H3,(H,22,23). The van der Waals surface area contributed by atoms with Crippen LogP contribution in [0, 0.1) is 24.7 Å². The van der Waals surface area contributed by atoms with Gasteiger partial charge >= 0.3 is 0 Å². The van der Waals surface area contributed by atoms with Crippen molar-refractivity contribution in [2.24, 2.45) is 17.8 Å². The zero-order valence-electron chi connectivity index (χ0n) is 14.5. The lowest BCUT2D eigenvalue weighted by Gasteiger charge is -2.31. The van der Waals surface area contributed by atoms with Crippen LogP contribution in [0.25, 0.3) is 0 Å². The van der Waals surface area contributed by atoms with Crippen LogP contribution in [0.5, 0.6) is 0 Å². The molecule has 0 heterocycles. The second-order valence-electron chi connectivity index (χ2n) is 7.82. The average Bonchev–Trinajstić information content (AvgIpc) is 2.56. The molecule has 2 saturated carbocycles. The molecular weight excluding hydrogens is 282 g/mol. The largest absolute Gasteiger partial charge is 0.326 e. The minimum atomic E-state index is 0.220. The van der Waals surface area contributed by atoms with Crippen LogP contribution in [0.4, 0.5) is 5.69 Å². The Morgan fingerprint density at radius 3 is 2.39 bits per heavy atom. The summed E-state index contributed by atoms with van der Waals surface area (Å²) in [6.45, 7) is 2.06. The summed E-state index contributed by atoms with van der Waals surface area (Å²) < 4.78 is 0. The number of benzene rings is 1. The number of hydrogen-bond donors (Lipinski definition) is 1. The van der Waals surface area contributed by atoms with Gasteiger partial charge in [-0.15, -0.1) is 0 Å². The van der Waals surface area contributed by atoms with Crippen molar-refractivity contribution in [1.82, 2.24) is 0 Å². The van der Waals surface area contributed by atoms with E-state index >= 15 is 0 Å². The summed E-state index contributed by atoms with van der Waals surface area (Å²) >= 11 is 0. The lowest BCUT2D eigenvalue weighted by Crippen LogP contribution is -2.28. The molecule has 2 fully saturated rings. The number of amides is 1. The molecule has 1 N–H and O–H groups in total. The summed E-state index contributed by atoms with van der Waals surface area (Å²) in [4.78, 5) is 12.5. The van der Waals surface area contributed by atoms with E-state index in [4.69, 9.17) is 0 Å². The first-order chi connectivity index (χ1) is 11.2. The maximum absolute atomic E-state index is 12.5. The van der Waals surface area contributed by atoms with Gasteiger partial charge in [-0.3, -0.25) is 4.79 Å². The molecular formula is C21H31NO. The number of anilines is 1. The van der Waals surface area contributed by atoms with Crippen LogP contribution in [0.15, 0.2) is 24.3 Å². The molecule has 1 amide bonds. The summed E-state index contributed by atoms with van der Waals surface area (Å²) in [5.41, 5.74) is 2.14. The van der Waals surface area contributed by atoms with Gasteiger partial charge < -0.3 is 5.32 Å². The third kappa shape index (κ3) is 4.83. The summed E-state index contributed by atoms with van der Waals surface area (Å²) in [5, 5.41) is 3.11. The van der Waals surface area contributed by atoms with Gasteiger partial charge in [-0.25, -0.2) is 0 Å². The number of hydrogen-bond acceptors (Lipinski definition) is 1. The van der Waals surface area contributed by atoms with E-state index in [2.05, 4.69) is 18.3 Å². The topological polar surface area (TPSA) is 29.1 Å². The first-order valence-corrected chi connectivity index (χ1v) is 9.58. The minimum Gasteiger partial charge on any atom is -0.326 e. The fourth-order valence-corrected chi connectivity index (χ4v) is 4.52. The van der Waals surface area contributed by atoms with Crippen LogP contribution in [-0.2, 0) is 4.79 Å². The Labute approximate surface area is 141 Å². The lowest BCUT2D eigenvalue weighted by molar-refractivity contribution is -0.121. The maximum atomic E-state index is 12.5. The Kier molecular flexibility index (Phi) is 5.75. The van der Waals surface area contributed by atoms with Crippen molar-refractivity contribution in [2.75, 3.05) is 5.32 Å². The van der Waals surface area contributed by atoms with Crippen LogP contribution in [0.1, 0.15) is 69.8 Å². The van der Waals surface area contributed by atoms with Crippen molar-refractivity contribution in [1.29, 1.82) is 0 Å². The molecule has 126 valence electrons. The molecule has 2 aliphatic carbocycles. The molecule has 2 nitrogen and oxygen atoms in total. The molecule has 2 heteroatoms. The molecule has 0 spiro atoms. The van der Waals surface area contributed by atoms with E-state index in [9.17, 15) is 4.79 Å². The van der Waals surface area contributed by atoms with Gasteiger partial charge in [0.15, 0.2) is 0 Å². The fourth-order valence-electron chi connectivity index (χ4n) is 4.52. The van der Waals surface area contributed by atoms with Gasteiger partial charge in [0.2, 0.25) is 5.91 Å². The molecule has 23 heavy (non-hydrogen) atoms. The summed E-state index contributed by atoms with van der Waals surface area (Å²) in [7, 11) is 0. The van der Waals surface area contributed by atoms with E-state index < -0.39 is 0 Å². The predicted octanol–water partition coefficient (Wildman–Crippen LogP) is 5.71. The van der Waals surface area contributed by atoms with Gasteiger partial charge in [0, 0.05) is 11.6 Å². The first-order valence-electron chi connectivity index (χ1n) is 9.58. The quantitative estimate of drug-likeness (QED) is 0.758. The van der Waals surface area contributed by atoms with E-state index in [0.29, 0.717) is 0 Å². The molecule has 1 aromatic rings. The molecule has 0 radical (unpaired) electrons. The van der Waals surface area contributed by atoms with Gasteiger partial charge in [0.25, 0.3) is 0 Å². The third-order valence-electron chi connectivity index (χ3n) is 5.89. The normalized spacial score (nSPS) is 26.0. The zero-order chi connectivity index (χ0) is 16.1. The van der Waals surface area contributed by atoms with Crippen LogP contribution in [0.3, 0.4) is 0 Å². The lowest BCUT2D eigenvalue weighted by atomic mass is 9.75. The molecule has 0 saturated heterocycles. The van der Waals surface area contributed by atoms with Gasteiger partial charge in [-0.2, -0.15) is 0 Å². The van der Waals surface area contributed by atoms with E-state index in [1.54, 1.807) is 0 Å². The Morgan fingerprint density at radius 2 is 1.70 bits per heavy atom. The van der Waals surface area contributed by atoms with Crippen LogP contribution < -0.4 is 5.32 Å². The van der Waals surface area contributed by atoms with Crippen LogP contribution >= 0.6 is 0 Å². The highest BCUT2D eigenvalue weighted by atomic mass is 16.1. The molecule has 2 aliphatic rings. The fraction of sp³-hybridized carbons (Fsp3) is 0.667. The number of carbonyl (C=O) groups excluding carboxylic acids is 1. The maximum Gasteiger partial charge on any atom is 0.227 e. The van der Waals surface area contributed by atoms with E-state index in [0.717, 1.165) is 30.4 Å². The van der Waals surface area contributed by atoms with Crippen LogP contribution in [0.2, 0.25) is 0 Å². The molecule has 0 aromatic heterocycles. The average molecular weight is 313 g/mol. The minimum absolute atomic E-state index is 0.220. The van der Waals surface area contributed by atoms with Crippen molar-refractivity contribution in [2.45, 2.75) is 71.1 Å². The Balaban J connectivity index is 1.43. The van der Waals surface area contributed by atoms with Gasteiger partial charge in [0.1, 0.15) is 0 Å². The van der Waals surface area contributed by atoms with E-state index in [-0.39, 0.29) is 11.8 Å². The first kappa shape index (κ1) is 16.5. The molecule has 0 aliphatic heterocycles. The SMILES string of the molecule is Cc1cccc(NC(=O)C2CCC(CC3CCCCC3)CC2)c1. The van der Waals surface area contributed by atoms with Crippen molar-refractivity contribution in [3.05, 3.63) is 29.8 Å². The predicted molar refractivity (Wildman–Crippen MR) is 96.4 cm³/mol. The van der Waals surface area contributed by atoms with Gasteiger partial charge in [-0.1, -0.05) is 44.2 Å². The second-order valence-corrected chi connectivity index (χ2v) is 7.82. The van der Waals surface area contributed by atoms with E-state index in [1.165, 1.54) is 56.9 Å². The second kappa shape index (κ2) is 7.99. The van der Waals surface area contributed by atoms with Gasteiger partial charge in [-0.05, 0) is 68.6 Å². The third-order valence-corrected chi connectivity index (χ3v) is 5.89. The number of nitrogens with one attached hydrogen (secondary N) is 1. The number of carbonyl (C=O) groups is 1. The monoisotopic (exact) mass is 313 g/mol. The summed E-state index contributed by atoms with van der Waals surface area (Å²) in [6, 6.07) is 8.10. The molecule has 0 unspecified atom stereocenters. The van der Waals surface area contributed by atoms with Crippen molar-refractivity contribution < 1.29 is 4.79 Å². The van der Waals surface area contributed by atoms with Crippen LogP contribution in [-0.4, -0.2) is 5.91 Å². The van der Waals surface area contributed by atoms with Crippen molar-refractivity contribution in [3.63, 3.8) is 0 Å². The molecule has 0 bridgehead atoms. The van der Waals surface area contributed by atoms with Crippen molar-refractivity contribution in [3.8, 4) is 0 Å². The van der Waals surface area contributed by atoms with E-state index in [1.807, 2.05) is 18.2 Å². The zero-order valence-corrected chi connectivity index (χ0v) is 14.5. The Bertz CT molecular complexity index is 510. The highest BCUT2D eigenvalue weighted by Gasteiger charge is 2.28. The summed E-state index contributed by atoms with van der Waals surface area (Å²) in [5.74, 6) is 2.30. The summed E-state index contributed by atoms with van der Waals surface area (Å²) in [6.07, 6.45) is 13.3. The Hall–Kier alpha value is -1.31. The number of rotatable bonds is 4. The smallest absolute Gasteiger partial charge is 0.227 e. The van der Waals surface area contributed by atoms with Crippen molar-refractivity contribution >= 4 is 11.6 Å². The highest BCUT2D eigenvalue weighted by Crippen LogP contribution is 2.37. The molecule has 1 aromatic carbocycles.